The van der Waals surface area contributed by atoms with Gasteiger partial charge >= 0.3 is 12.4 Å². The maximum atomic E-state index is 11.6. The fourth-order valence-corrected chi connectivity index (χ4v) is 5.63. The van der Waals surface area contributed by atoms with Crippen LogP contribution in [0.4, 0.5) is 26.3 Å². The Morgan fingerprint density at radius 2 is 0.754 bits per heavy atom. The fraction of sp³-hybridized carbons (Fsp3) is 0.882. The number of alkyl halides is 6. The van der Waals surface area contributed by atoms with Crippen molar-refractivity contribution in [3.8, 4) is 0 Å². The van der Waals surface area contributed by atoms with Crippen LogP contribution in [0.3, 0.4) is 0 Å². The minimum atomic E-state index is -5.24. The summed E-state index contributed by atoms with van der Waals surface area (Å²) in [5.41, 5.74) is 0.220. The molecule has 1 aromatic rings. The zero-order valence-corrected chi connectivity index (χ0v) is 37.4. The van der Waals surface area contributed by atoms with Gasteiger partial charge in [-0.25, -0.2) is 0 Å². The molecule has 0 amide bonds. The molecule has 0 N–H and O–H groups in total. The molecule has 4 atom stereocenters. The van der Waals surface area contributed by atoms with Gasteiger partial charge in [0.15, 0.2) is 5.41 Å². The first kappa shape index (κ1) is 79.9. The van der Waals surface area contributed by atoms with E-state index in [0.717, 1.165) is 5.92 Å². The number of fused-ring (bicyclic) bond motifs is 5. The summed E-state index contributed by atoms with van der Waals surface area (Å²) in [5, 5.41) is 0. The van der Waals surface area contributed by atoms with E-state index in [4.69, 9.17) is 0 Å². The normalized spacial score (nSPS) is 18.5. The molecule has 0 radical (unpaired) electrons. The van der Waals surface area contributed by atoms with Gasteiger partial charge in [-0.15, -0.1) is 0 Å². The van der Waals surface area contributed by atoms with Crippen molar-refractivity contribution in [2.24, 2.45) is 40.4 Å². The first-order valence-electron chi connectivity index (χ1n) is 20.1. The third kappa shape index (κ3) is 35.3. The van der Waals surface area contributed by atoms with Crippen LogP contribution in [0.15, 0.2) is 24.3 Å². The quantitative estimate of drug-likeness (QED) is 0.228. The summed E-state index contributed by atoms with van der Waals surface area (Å²) in [6.07, 6.45) is 0.295. The summed E-state index contributed by atoms with van der Waals surface area (Å²) in [6.45, 7) is 41.3. The molecule has 4 unspecified atom stereocenters. The Hall–Kier alpha value is -1.20. The molecule has 3 aliphatic rings. The Morgan fingerprint density at radius 1 is 0.526 bits per heavy atom. The standard InChI is InChI=1S/C14H22.C10H16.C5H6F6.C5H12.C4H10.C3H8.2C2H6.6CH4/c1-13(2,3)11-8-7-9-12(10-11)14(4,5)6;1-2-9-7-4-5-8(6-7)10(9)3-1;1-3(2,4(6,7)8)5(9,10)11;1-5(2,3)4;1-4(2)3;1-3-2;2*1-2;;;;;;/h7-10H,1-6H3;7-10H,1-6H2;1-2H3;1-4H3;4H,1-3H3;3H2,1-2H3;2*1-2H3;6*1H4. The van der Waals surface area contributed by atoms with Crippen LogP contribution in [0.1, 0.15) is 246 Å². The predicted molar refractivity (Wildman–Crippen MR) is 256 cm³/mol. The summed E-state index contributed by atoms with van der Waals surface area (Å²) in [4.78, 5) is 0. The van der Waals surface area contributed by atoms with E-state index in [0.29, 0.717) is 5.41 Å². The average molecular weight is 837 g/mol. The average Bonchev–Trinajstić information content (AvgIpc) is 3.70. The van der Waals surface area contributed by atoms with Crippen LogP contribution >= 0.6 is 0 Å². The highest BCUT2D eigenvalue weighted by atomic mass is 19.4. The second kappa shape index (κ2) is 35.5. The number of hydrogen-bond donors (Lipinski definition) is 0. The molecule has 0 saturated heterocycles. The molecule has 2 bridgehead atoms. The Labute approximate surface area is 359 Å². The van der Waals surface area contributed by atoms with E-state index in [-0.39, 0.29) is 69.2 Å². The third-order valence-electron chi connectivity index (χ3n) is 8.36. The van der Waals surface area contributed by atoms with Gasteiger partial charge < -0.3 is 0 Å². The lowest BCUT2D eigenvalue weighted by molar-refractivity contribution is -0.327. The van der Waals surface area contributed by atoms with Crippen LogP contribution in [-0.2, 0) is 10.8 Å². The van der Waals surface area contributed by atoms with Gasteiger partial charge in [-0.1, -0.05) is 213 Å². The van der Waals surface area contributed by atoms with Gasteiger partial charge in [0.05, 0.1) is 0 Å². The van der Waals surface area contributed by atoms with Gasteiger partial charge in [0.2, 0.25) is 0 Å². The highest BCUT2D eigenvalue weighted by Crippen LogP contribution is 2.58. The molecular formula is C51H110F6. The van der Waals surface area contributed by atoms with Crippen molar-refractivity contribution in [1.82, 2.24) is 0 Å². The molecule has 0 aromatic heterocycles. The smallest absolute Gasteiger partial charge is 0.170 e. The largest absolute Gasteiger partial charge is 0.402 e. The second-order valence-electron chi connectivity index (χ2n) is 18.7. The van der Waals surface area contributed by atoms with Crippen LogP contribution in [0, 0.1) is 40.4 Å². The lowest BCUT2D eigenvalue weighted by Crippen LogP contribution is -2.44. The molecule has 3 saturated carbocycles. The minimum Gasteiger partial charge on any atom is -0.170 e. The molecule has 356 valence electrons. The zero-order chi connectivity index (χ0) is 41.8. The fourth-order valence-electron chi connectivity index (χ4n) is 5.63. The van der Waals surface area contributed by atoms with E-state index >= 15 is 0 Å². The number of hydrogen-bond acceptors (Lipinski definition) is 0. The van der Waals surface area contributed by atoms with E-state index < -0.39 is 17.8 Å². The van der Waals surface area contributed by atoms with Crippen molar-refractivity contribution in [1.29, 1.82) is 0 Å². The van der Waals surface area contributed by atoms with Gasteiger partial charge in [-0.2, -0.15) is 26.3 Å². The van der Waals surface area contributed by atoms with Crippen molar-refractivity contribution in [3.05, 3.63) is 35.4 Å². The van der Waals surface area contributed by atoms with Crippen molar-refractivity contribution in [3.63, 3.8) is 0 Å². The Bertz CT molecular complexity index is 896. The molecule has 57 heavy (non-hydrogen) atoms. The van der Waals surface area contributed by atoms with E-state index in [9.17, 15) is 26.3 Å². The predicted octanol–water partition coefficient (Wildman–Crippen LogP) is 21.3. The lowest BCUT2D eigenvalue weighted by atomic mass is 9.81. The first-order chi connectivity index (χ1) is 22.8. The molecular weight excluding hydrogens is 727 g/mol. The molecule has 0 spiro atoms. The Morgan fingerprint density at radius 3 is 0.930 bits per heavy atom. The van der Waals surface area contributed by atoms with E-state index in [1.807, 2.05) is 27.7 Å². The topological polar surface area (TPSA) is 0 Å². The zero-order valence-electron chi connectivity index (χ0n) is 37.4. The summed E-state index contributed by atoms with van der Waals surface area (Å²) in [7, 11) is 0. The maximum Gasteiger partial charge on any atom is 0.402 e. The molecule has 0 nitrogen and oxygen atoms in total. The van der Waals surface area contributed by atoms with Gasteiger partial charge in [-0.05, 0) is 103 Å². The number of benzene rings is 1. The minimum absolute atomic E-state index is 0. The van der Waals surface area contributed by atoms with E-state index in [1.54, 1.807) is 38.5 Å². The van der Waals surface area contributed by atoms with Gasteiger partial charge in [0.1, 0.15) is 0 Å². The molecule has 0 aliphatic heterocycles. The van der Waals surface area contributed by atoms with Crippen molar-refractivity contribution in [2.75, 3.05) is 0 Å². The van der Waals surface area contributed by atoms with Crippen LogP contribution in [-0.4, -0.2) is 12.4 Å². The van der Waals surface area contributed by atoms with Crippen molar-refractivity contribution < 1.29 is 26.3 Å². The lowest BCUT2D eigenvalue weighted by Gasteiger charge is -2.29. The summed E-state index contributed by atoms with van der Waals surface area (Å²) in [6, 6.07) is 8.94. The highest BCUT2D eigenvalue weighted by Gasteiger charge is 2.64. The number of halogens is 6. The number of rotatable bonds is 0. The van der Waals surface area contributed by atoms with E-state index in [1.165, 1.54) is 41.2 Å². The summed E-state index contributed by atoms with van der Waals surface area (Å²) < 4.78 is 69.7. The monoisotopic (exact) mass is 837 g/mol. The maximum absolute atomic E-state index is 11.6. The molecule has 0 heterocycles. The van der Waals surface area contributed by atoms with Crippen molar-refractivity contribution in [2.45, 2.75) is 258 Å². The Kier molecular flexibility index (Phi) is 49.8. The molecule has 4 rings (SSSR count). The van der Waals surface area contributed by atoms with Gasteiger partial charge in [0, 0.05) is 0 Å². The van der Waals surface area contributed by atoms with Crippen molar-refractivity contribution >= 4 is 0 Å². The first-order valence-corrected chi connectivity index (χ1v) is 20.1. The van der Waals surface area contributed by atoms with Crippen LogP contribution in [0.25, 0.3) is 0 Å². The third-order valence-corrected chi connectivity index (χ3v) is 8.36. The Balaban J connectivity index is -0.0000000591. The van der Waals surface area contributed by atoms with Crippen LogP contribution < -0.4 is 0 Å². The second-order valence-corrected chi connectivity index (χ2v) is 18.7. The van der Waals surface area contributed by atoms with Crippen LogP contribution in [0.5, 0.6) is 0 Å². The molecule has 3 aliphatic carbocycles. The van der Waals surface area contributed by atoms with Crippen LogP contribution in [0.2, 0.25) is 0 Å². The SMILES string of the molecule is C.C.C.C.C.C.C1CC2C3CCC(C3)C2C1.CC.CC.CC(C)(C(F)(F)F)C(F)(F)F.CC(C)(C)C.CC(C)(C)c1cccc(C(C)(C)C)c1.CC(C)C.CCC. The summed E-state index contributed by atoms with van der Waals surface area (Å²) >= 11 is 0. The molecule has 1 aromatic carbocycles. The summed E-state index contributed by atoms with van der Waals surface area (Å²) in [5.74, 6) is 5.63. The van der Waals surface area contributed by atoms with Gasteiger partial charge in [0.25, 0.3) is 0 Å². The molecule has 6 heteroatoms. The molecule has 3 fully saturated rings. The van der Waals surface area contributed by atoms with E-state index in [2.05, 4.69) is 128 Å². The highest BCUT2D eigenvalue weighted by molar-refractivity contribution is 5.32. The van der Waals surface area contributed by atoms with Gasteiger partial charge in [-0.3, -0.25) is 0 Å².